The molecule has 0 spiro atoms. The first kappa shape index (κ1) is 17.8. The minimum Gasteiger partial charge on any atom is -0.336 e. The van der Waals surface area contributed by atoms with Gasteiger partial charge in [-0.15, -0.1) is 0 Å². The molecule has 1 N–H and O–H groups in total. The monoisotopic (exact) mass is 359 g/mol. The Morgan fingerprint density at radius 1 is 1.15 bits per heavy atom. The maximum absolute atomic E-state index is 13.4. The highest BCUT2D eigenvalue weighted by Crippen LogP contribution is 2.24. The molecule has 0 saturated carbocycles. The Balaban J connectivity index is 1.75. The van der Waals surface area contributed by atoms with Crippen molar-refractivity contribution in [3.8, 4) is 0 Å². The number of nitrogens with one attached hydrogen (secondary N) is 1. The summed E-state index contributed by atoms with van der Waals surface area (Å²) in [6.07, 6.45) is 0. The zero-order valence-electron chi connectivity index (χ0n) is 14.5. The van der Waals surface area contributed by atoms with Gasteiger partial charge in [0.1, 0.15) is 0 Å². The second kappa shape index (κ2) is 7.11. The van der Waals surface area contributed by atoms with Crippen molar-refractivity contribution < 1.29 is 18.4 Å². The van der Waals surface area contributed by atoms with Crippen LogP contribution >= 0.6 is 0 Å². The van der Waals surface area contributed by atoms with Crippen molar-refractivity contribution in [1.29, 1.82) is 0 Å². The molecule has 0 aliphatic carbocycles. The maximum atomic E-state index is 13.4. The van der Waals surface area contributed by atoms with Crippen molar-refractivity contribution in [1.82, 2.24) is 10.2 Å². The van der Waals surface area contributed by atoms with E-state index in [1.165, 1.54) is 11.0 Å². The minimum atomic E-state index is -0.941. The van der Waals surface area contributed by atoms with Gasteiger partial charge in [-0.3, -0.25) is 9.69 Å². The molecule has 1 unspecified atom stereocenters. The average molecular weight is 359 g/mol. The summed E-state index contributed by atoms with van der Waals surface area (Å²) in [4.78, 5) is 27.4. The second-order valence-electron chi connectivity index (χ2n) is 6.20. The standard InChI is InChI=1S/C19H19F2N3O2/c1-12(14-5-8-16(20)17(21)11-14)23(2)18(25)13-3-6-15(7-4-13)24-10-9-22-19(24)26/h3-8,11-12H,9-10H2,1-2H3,(H,22,26). The first-order chi connectivity index (χ1) is 12.4. The van der Waals surface area contributed by atoms with Gasteiger partial charge in [0.2, 0.25) is 0 Å². The molecule has 2 aromatic rings. The lowest BCUT2D eigenvalue weighted by Gasteiger charge is -2.26. The van der Waals surface area contributed by atoms with Crippen LogP contribution in [-0.2, 0) is 0 Å². The third-order valence-corrected chi connectivity index (χ3v) is 4.61. The van der Waals surface area contributed by atoms with Gasteiger partial charge < -0.3 is 10.2 Å². The fourth-order valence-corrected chi connectivity index (χ4v) is 2.88. The molecular formula is C19H19F2N3O2. The van der Waals surface area contributed by atoms with E-state index in [1.807, 2.05) is 0 Å². The van der Waals surface area contributed by atoms with Crippen LogP contribution < -0.4 is 10.2 Å². The number of rotatable bonds is 4. The minimum absolute atomic E-state index is 0.159. The van der Waals surface area contributed by atoms with Gasteiger partial charge >= 0.3 is 6.03 Å². The van der Waals surface area contributed by atoms with Crippen LogP contribution in [0.3, 0.4) is 0 Å². The van der Waals surface area contributed by atoms with Crippen LogP contribution in [0.25, 0.3) is 0 Å². The van der Waals surface area contributed by atoms with E-state index in [0.717, 1.165) is 12.1 Å². The van der Waals surface area contributed by atoms with Crippen LogP contribution in [0.15, 0.2) is 42.5 Å². The fraction of sp³-hybridized carbons (Fsp3) is 0.263. The number of hydrogen-bond donors (Lipinski definition) is 1. The molecule has 1 heterocycles. The molecule has 3 amide bonds. The van der Waals surface area contributed by atoms with Crippen molar-refractivity contribution in [2.75, 3.05) is 25.0 Å². The summed E-state index contributed by atoms with van der Waals surface area (Å²) >= 11 is 0. The van der Waals surface area contributed by atoms with E-state index >= 15 is 0 Å². The Morgan fingerprint density at radius 3 is 2.42 bits per heavy atom. The molecule has 0 radical (unpaired) electrons. The Kier molecular flexibility index (Phi) is 4.88. The Hall–Kier alpha value is -2.96. The molecule has 1 aliphatic heterocycles. The van der Waals surface area contributed by atoms with E-state index in [1.54, 1.807) is 43.1 Å². The number of anilines is 1. The van der Waals surface area contributed by atoms with Crippen molar-refractivity contribution in [3.05, 3.63) is 65.2 Å². The summed E-state index contributed by atoms with van der Waals surface area (Å²) in [6.45, 7) is 2.92. The number of nitrogens with zero attached hydrogens (tertiary/aromatic N) is 2. The van der Waals surface area contributed by atoms with Gasteiger partial charge in [0.05, 0.1) is 6.04 Å². The van der Waals surface area contributed by atoms with Crippen LogP contribution in [-0.4, -0.2) is 37.0 Å². The summed E-state index contributed by atoms with van der Waals surface area (Å²) in [7, 11) is 1.61. The van der Waals surface area contributed by atoms with Gasteiger partial charge in [0.25, 0.3) is 5.91 Å². The topological polar surface area (TPSA) is 52.7 Å². The SMILES string of the molecule is CC(c1ccc(F)c(F)c1)N(C)C(=O)c1ccc(N2CCNC2=O)cc1. The van der Waals surface area contributed by atoms with Crippen LogP contribution in [0.1, 0.15) is 28.9 Å². The summed E-state index contributed by atoms with van der Waals surface area (Å²) in [5.41, 5.74) is 1.67. The molecule has 7 heteroatoms. The highest BCUT2D eigenvalue weighted by molar-refractivity contribution is 5.97. The summed E-state index contributed by atoms with van der Waals surface area (Å²) < 4.78 is 26.5. The van der Waals surface area contributed by atoms with Gasteiger partial charge in [0.15, 0.2) is 11.6 Å². The van der Waals surface area contributed by atoms with Gasteiger partial charge in [-0.1, -0.05) is 6.07 Å². The van der Waals surface area contributed by atoms with Crippen molar-refractivity contribution in [2.24, 2.45) is 0 Å². The molecule has 136 valence electrons. The number of urea groups is 1. The lowest BCUT2D eigenvalue weighted by Crippen LogP contribution is -2.30. The van der Waals surface area contributed by atoms with Crippen LogP contribution in [0, 0.1) is 11.6 Å². The van der Waals surface area contributed by atoms with Gasteiger partial charge in [-0.05, 0) is 48.9 Å². The molecular weight excluding hydrogens is 340 g/mol. The molecule has 3 rings (SSSR count). The molecule has 0 bridgehead atoms. The van der Waals surface area contributed by atoms with Crippen molar-refractivity contribution >= 4 is 17.6 Å². The summed E-state index contributed by atoms with van der Waals surface area (Å²) in [6, 6.07) is 9.75. The zero-order chi connectivity index (χ0) is 18.8. The molecule has 1 aliphatic rings. The number of amides is 3. The second-order valence-corrected chi connectivity index (χ2v) is 6.20. The van der Waals surface area contributed by atoms with E-state index < -0.39 is 17.7 Å². The molecule has 5 nitrogen and oxygen atoms in total. The lowest BCUT2D eigenvalue weighted by molar-refractivity contribution is 0.0742. The first-order valence-corrected chi connectivity index (χ1v) is 8.26. The fourth-order valence-electron chi connectivity index (χ4n) is 2.88. The van der Waals surface area contributed by atoms with Crippen LogP contribution in [0.5, 0.6) is 0 Å². The third-order valence-electron chi connectivity index (χ3n) is 4.61. The number of carbonyl (C=O) groups excluding carboxylic acids is 2. The van der Waals surface area contributed by atoms with Crippen LogP contribution in [0.2, 0.25) is 0 Å². The molecule has 1 fully saturated rings. The summed E-state index contributed by atoms with van der Waals surface area (Å²) in [5, 5.41) is 2.72. The number of halogens is 2. The van der Waals surface area contributed by atoms with E-state index in [2.05, 4.69) is 5.32 Å². The maximum Gasteiger partial charge on any atom is 0.321 e. The zero-order valence-corrected chi connectivity index (χ0v) is 14.5. The van der Waals surface area contributed by atoms with E-state index in [4.69, 9.17) is 0 Å². The average Bonchev–Trinajstić information content (AvgIpc) is 3.08. The number of benzene rings is 2. The normalized spacial score (nSPS) is 14.9. The molecule has 2 aromatic carbocycles. The van der Waals surface area contributed by atoms with Gasteiger partial charge in [-0.2, -0.15) is 0 Å². The highest BCUT2D eigenvalue weighted by Gasteiger charge is 2.23. The van der Waals surface area contributed by atoms with Crippen LogP contribution in [0.4, 0.5) is 19.3 Å². The molecule has 26 heavy (non-hydrogen) atoms. The molecule has 1 saturated heterocycles. The predicted molar refractivity (Wildman–Crippen MR) is 94.1 cm³/mol. The Bertz CT molecular complexity index is 839. The van der Waals surface area contributed by atoms with Gasteiger partial charge in [-0.25, -0.2) is 13.6 Å². The largest absolute Gasteiger partial charge is 0.336 e. The van der Waals surface area contributed by atoms with Crippen molar-refractivity contribution in [3.63, 3.8) is 0 Å². The quantitative estimate of drug-likeness (QED) is 0.910. The van der Waals surface area contributed by atoms with E-state index in [9.17, 15) is 18.4 Å². The van der Waals surface area contributed by atoms with E-state index in [0.29, 0.717) is 29.9 Å². The Morgan fingerprint density at radius 2 is 1.85 bits per heavy atom. The van der Waals surface area contributed by atoms with E-state index in [-0.39, 0.29) is 11.9 Å². The molecule has 0 aromatic heterocycles. The number of carbonyl (C=O) groups is 2. The highest BCUT2D eigenvalue weighted by atomic mass is 19.2. The van der Waals surface area contributed by atoms with Crippen molar-refractivity contribution in [2.45, 2.75) is 13.0 Å². The van der Waals surface area contributed by atoms with Gasteiger partial charge in [0, 0.05) is 31.4 Å². The Labute approximate surface area is 150 Å². The predicted octanol–water partition coefficient (Wildman–Crippen LogP) is 3.33. The first-order valence-electron chi connectivity index (χ1n) is 8.26. The third kappa shape index (κ3) is 3.37. The number of hydrogen-bond acceptors (Lipinski definition) is 2. The smallest absolute Gasteiger partial charge is 0.321 e. The summed E-state index contributed by atoms with van der Waals surface area (Å²) in [5.74, 6) is -2.11. The lowest BCUT2D eigenvalue weighted by atomic mass is 10.1. The molecule has 1 atom stereocenters.